The first-order valence-corrected chi connectivity index (χ1v) is 8.01. The Bertz CT molecular complexity index is 1120. The van der Waals surface area contributed by atoms with Gasteiger partial charge in [-0.05, 0) is 51.0 Å². The molecule has 0 spiro atoms. The van der Waals surface area contributed by atoms with Crippen molar-refractivity contribution < 1.29 is 5.11 Å². The summed E-state index contributed by atoms with van der Waals surface area (Å²) in [7, 11) is 0. The third-order valence-corrected chi connectivity index (χ3v) is 4.28. The van der Waals surface area contributed by atoms with E-state index in [1.54, 1.807) is 26.0 Å². The van der Waals surface area contributed by atoms with Gasteiger partial charge >= 0.3 is 5.69 Å². The van der Waals surface area contributed by atoms with Gasteiger partial charge in [0.2, 0.25) is 5.88 Å². The van der Waals surface area contributed by atoms with Gasteiger partial charge in [-0.25, -0.2) is 9.36 Å². The molecule has 8 nitrogen and oxygen atoms in total. The molecule has 0 saturated heterocycles. The van der Waals surface area contributed by atoms with Crippen molar-refractivity contribution >= 4 is 11.9 Å². The van der Waals surface area contributed by atoms with Crippen molar-refractivity contribution in [3.63, 3.8) is 0 Å². The van der Waals surface area contributed by atoms with E-state index in [-0.39, 0.29) is 5.56 Å². The molecule has 3 aromatic rings. The van der Waals surface area contributed by atoms with Gasteiger partial charge in [0.15, 0.2) is 0 Å². The maximum Gasteiger partial charge on any atom is 0.335 e. The molecule has 1 aromatic carbocycles. The molecule has 0 bridgehead atoms. The number of rotatable bonds is 3. The number of hydrogen-bond donors (Lipinski definition) is 3. The SMILES string of the molecule is Cc1ccc(-n2c(O)c(C=Nc3c(C)n[nH]c3C)c(=O)[nH]c2=O)cc1C. The molecule has 3 rings (SSSR count). The number of nitrogens with zero attached hydrogens (tertiary/aromatic N) is 3. The number of aromatic hydroxyl groups is 1. The van der Waals surface area contributed by atoms with Crippen molar-refractivity contribution in [1.29, 1.82) is 0 Å². The van der Waals surface area contributed by atoms with Crippen LogP contribution in [0.15, 0.2) is 32.8 Å². The minimum Gasteiger partial charge on any atom is -0.493 e. The van der Waals surface area contributed by atoms with E-state index in [9.17, 15) is 14.7 Å². The zero-order valence-electron chi connectivity index (χ0n) is 14.9. The summed E-state index contributed by atoms with van der Waals surface area (Å²) in [5.41, 5.74) is 2.90. The van der Waals surface area contributed by atoms with Crippen LogP contribution >= 0.6 is 0 Å². The van der Waals surface area contributed by atoms with Crippen molar-refractivity contribution in [2.75, 3.05) is 0 Å². The molecule has 3 N–H and O–H groups in total. The van der Waals surface area contributed by atoms with Crippen LogP contribution in [0, 0.1) is 27.7 Å². The molecular formula is C18H19N5O3. The van der Waals surface area contributed by atoms with Crippen molar-refractivity contribution in [3.05, 3.63) is 67.1 Å². The fourth-order valence-electron chi connectivity index (χ4n) is 2.62. The lowest BCUT2D eigenvalue weighted by molar-refractivity contribution is 0.430. The van der Waals surface area contributed by atoms with Crippen LogP contribution in [-0.4, -0.2) is 31.1 Å². The van der Waals surface area contributed by atoms with Gasteiger partial charge in [-0.3, -0.25) is 19.9 Å². The van der Waals surface area contributed by atoms with Crippen molar-refractivity contribution in [2.24, 2.45) is 4.99 Å². The molecule has 26 heavy (non-hydrogen) atoms. The highest BCUT2D eigenvalue weighted by Gasteiger charge is 2.15. The Morgan fingerprint density at radius 2 is 1.88 bits per heavy atom. The Morgan fingerprint density at radius 3 is 2.50 bits per heavy atom. The molecular weight excluding hydrogens is 334 g/mol. The van der Waals surface area contributed by atoms with E-state index in [4.69, 9.17) is 0 Å². The second-order valence-corrected chi connectivity index (χ2v) is 6.14. The van der Waals surface area contributed by atoms with Gasteiger partial charge in [0.05, 0.1) is 17.1 Å². The normalized spacial score (nSPS) is 11.4. The monoisotopic (exact) mass is 353 g/mol. The van der Waals surface area contributed by atoms with Crippen molar-refractivity contribution in [2.45, 2.75) is 27.7 Å². The van der Waals surface area contributed by atoms with Crippen LogP contribution in [0.4, 0.5) is 5.69 Å². The third kappa shape index (κ3) is 2.97. The quantitative estimate of drug-likeness (QED) is 0.624. The highest BCUT2D eigenvalue weighted by Crippen LogP contribution is 2.22. The van der Waals surface area contributed by atoms with Crippen LogP contribution < -0.4 is 11.2 Å². The molecule has 0 aliphatic carbocycles. The molecule has 0 fully saturated rings. The first-order valence-electron chi connectivity index (χ1n) is 8.01. The van der Waals surface area contributed by atoms with Gasteiger partial charge in [-0.1, -0.05) is 6.07 Å². The van der Waals surface area contributed by atoms with E-state index >= 15 is 0 Å². The van der Waals surface area contributed by atoms with E-state index in [1.807, 2.05) is 19.9 Å². The van der Waals surface area contributed by atoms with Crippen molar-refractivity contribution in [3.8, 4) is 11.6 Å². The van der Waals surface area contributed by atoms with E-state index in [0.29, 0.717) is 17.1 Å². The average molecular weight is 353 g/mol. The summed E-state index contributed by atoms with van der Waals surface area (Å²) in [4.78, 5) is 30.8. The zero-order chi connectivity index (χ0) is 19.0. The lowest BCUT2D eigenvalue weighted by atomic mass is 10.1. The van der Waals surface area contributed by atoms with E-state index in [2.05, 4.69) is 20.2 Å². The Morgan fingerprint density at radius 1 is 1.15 bits per heavy atom. The van der Waals surface area contributed by atoms with Crippen LogP contribution in [-0.2, 0) is 0 Å². The van der Waals surface area contributed by atoms with Crippen LogP contribution in [0.2, 0.25) is 0 Å². The van der Waals surface area contributed by atoms with Crippen LogP contribution in [0.25, 0.3) is 5.69 Å². The number of hydrogen-bond acceptors (Lipinski definition) is 5. The van der Waals surface area contributed by atoms with Crippen LogP contribution in [0.1, 0.15) is 28.1 Å². The first-order chi connectivity index (χ1) is 12.3. The lowest BCUT2D eigenvalue weighted by Crippen LogP contribution is -2.31. The lowest BCUT2D eigenvalue weighted by Gasteiger charge is -2.11. The minimum absolute atomic E-state index is 0.108. The van der Waals surface area contributed by atoms with Gasteiger partial charge in [0, 0.05) is 6.21 Å². The molecule has 0 aliphatic rings. The maximum absolute atomic E-state index is 12.2. The zero-order valence-corrected chi connectivity index (χ0v) is 14.9. The van der Waals surface area contributed by atoms with Gasteiger partial charge < -0.3 is 5.11 Å². The second-order valence-electron chi connectivity index (χ2n) is 6.14. The molecule has 0 amide bonds. The van der Waals surface area contributed by atoms with Crippen LogP contribution in [0.5, 0.6) is 5.88 Å². The van der Waals surface area contributed by atoms with Crippen LogP contribution in [0.3, 0.4) is 0 Å². The Kier molecular flexibility index (Phi) is 4.33. The van der Waals surface area contributed by atoms with Gasteiger partial charge in [0.1, 0.15) is 11.3 Å². The summed E-state index contributed by atoms with van der Waals surface area (Å²) < 4.78 is 1.05. The third-order valence-electron chi connectivity index (χ3n) is 4.28. The molecule has 0 radical (unpaired) electrons. The standard InChI is InChI=1S/C18H19N5O3/c1-9-5-6-13(7-10(9)2)23-17(25)14(16(24)20-18(23)26)8-19-15-11(3)21-22-12(15)4/h5-8,25H,1-4H3,(H,21,22)(H,20,24,26). The Balaban J connectivity index is 2.17. The molecule has 0 atom stereocenters. The highest BCUT2D eigenvalue weighted by molar-refractivity contribution is 5.84. The number of aryl methyl sites for hydroxylation is 4. The number of aromatic amines is 2. The van der Waals surface area contributed by atoms with Gasteiger partial charge in [-0.15, -0.1) is 0 Å². The summed E-state index contributed by atoms with van der Waals surface area (Å²) >= 11 is 0. The maximum atomic E-state index is 12.2. The predicted molar refractivity (Wildman–Crippen MR) is 99.1 cm³/mol. The summed E-state index contributed by atoms with van der Waals surface area (Å²) in [5, 5.41) is 17.4. The Labute approximate surface area is 148 Å². The number of aliphatic imine (C=N–C) groups is 1. The molecule has 0 aliphatic heterocycles. The smallest absolute Gasteiger partial charge is 0.335 e. The fourth-order valence-corrected chi connectivity index (χ4v) is 2.62. The first kappa shape index (κ1) is 17.4. The van der Waals surface area contributed by atoms with Gasteiger partial charge in [0.25, 0.3) is 5.56 Å². The average Bonchev–Trinajstić information content (AvgIpc) is 2.89. The summed E-state index contributed by atoms with van der Waals surface area (Å²) in [6.07, 6.45) is 1.23. The summed E-state index contributed by atoms with van der Waals surface area (Å²) in [6.45, 7) is 7.42. The summed E-state index contributed by atoms with van der Waals surface area (Å²) in [6, 6.07) is 5.31. The number of benzene rings is 1. The van der Waals surface area contributed by atoms with Crippen molar-refractivity contribution in [1.82, 2.24) is 19.7 Å². The number of H-pyrrole nitrogens is 2. The molecule has 0 unspecified atom stereocenters. The number of aromatic nitrogens is 4. The largest absolute Gasteiger partial charge is 0.493 e. The highest BCUT2D eigenvalue weighted by atomic mass is 16.3. The van der Waals surface area contributed by atoms with E-state index < -0.39 is 17.1 Å². The second kappa shape index (κ2) is 6.47. The predicted octanol–water partition coefficient (Wildman–Crippen LogP) is 1.94. The van der Waals surface area contributed by atoms with E-state index in [1.165, 1.54) is 6.21 Å². The molecule has 2 heterocycles. The Hall–Kier alpha value is -3.42. The topological polar surface area (TPSA) is 116 Å². The van der Waals surface area contributed by atoms with Gasteiger partial charge in [-0.2, -0.15) is 5.10 Å². The molecule has 8 heteroatoms. The summed E-state index contributed by atoms with van der Waals surface area (Å²) in [5.74, 6) is -0.468. The molecule has 2 aromatic heterocycles. The van der Waals surface area contributed by atoms with E-state index in [0.717, 1.165) is 21.4 Å². The minimum atomic E-state index is -0.719. The number of nitrogens with one attached hydrogen (secondary N) is 2. The molecule has 0 saturated carbocycles. The molecule has 134 valence electrons. The fraction of sp³-hybridized carbons (Fsp3) is 0.222.